The van der Waals surface area contributed by atoms with Crippen molar-refractivity contribution in [2.24, 2.45) is 0 Å². The van der Waals surface area contributed by atoms with Crippen molar-refractivity contribution >= 4 is 44.8 Å². The number of halogens is 1. The van der Waals surface area contributed by atoms with E-state index < -0.39 is 0 Å². The Hall–Kier alpha value is -2.89. The Morgan fingerprint density at radius 3 is 1.81 bits per heavy atom. The molecule has 166 valence electrons. The first-order valence-corrected chi connectivity index (χ1v) is 11.3. The van der Waals surface area contributed by atoms with E-state index in [0.717, 1.165) is 42.6 Å². The highest BCUT2D eigenvalue weighted by Crippen LogP contribution is 2.27. The Kier molecular flexibility index (Phi) is 6.77. The van der Waals surface area contributed by atoms with Crippen molar-refractivity contribution in [1.82, 2.24) is 14.9 Å². The molecule has 0 aliphatic heterocycles. The van der Waals surface area contributed by atoms with Crippen molar-refractivity contribution in [1.29, 1.82) is 0 Å². The number of fused-ring (bicyclic) bond motifs is 2. The number of benzene rings is 2. The fourth-order valence-corrected chi connectivity index (χ4v) is 4.18. The van der Waals surface area contributed by atoms with Gasteiger partial charge >= 0.3 is 0 Å². The molecule has 6 heteroatoms. The Balaban J connectivity index is 1.35. The lowest BCUT2D eigenvalue weighted by Crippen LogP contribution is -2.35. The van der Waals surface area contributed by atoms with E-state index >= 15 is 0 Å². The molecule has 4 rings (SSSR count). The molecule has 0 aliphatic carbocycles. The summed E-state index contributed by atoms with van der Waals surface area (Å²) in [5.41, 5.74) is 5.61. The number of hydrogen-bond donors (Lipinski definition) is 0. The van der Waals surface area contributed by atoms with Crippen LogP contribution >= 0.6 is 11.6 Å². The summed E-state index contributed by atoms with van der Waals surface area (Å²) in [4.78, 5) is 16.0. The molecular formula is C26H30ClN5. The van der Waals surface area contributed by atoms with Gasteiger partial charge in [0.1, 0.15) is 0 Å². The van der Waals surface area contributed by atoms with Crippen molar-refractivity contribution in [3.8, 4) is 0 Å². The maximum absolute atomic E-state index is 6.13. The lowest BCUT2D eigenvalue weighted by Gasteiger charge is -2.27. The molecule has 0 bridgehead atoms. The van der Waals surface area contributed by atoms with Gasteiger partial charge in [-0.25, -0.2) is 0 Å². The molecule has 2 heterocycles. The first kappa shape index (κ1) is 22.3. The van der Waals surface area contributed by atoms with Crippen LogP contribution in [0.25, 0.3) is 21.8 Å². The van der Waals surface area contributed by atoms with Crippen molar-refractivity contribution < 1.29 is 0 Å². The van der Waals surface area contributed by atoms with E-state index in [1.54, 1.807) is 0 Å². The lowest BCUT2D eigenvalue weighted by molar-refractivity contribution is 0.349. The third kappa shape index (κ3) is 4.95. The van der Waals surface area contributed by atoms with Crippen LogP contribution in [0.4, 0.5) is 11.4 Å². The van der Waals surface area contributed by atoms with Gasteiger partial charge in [0.25, 0.3) is 0 Å². The summed E-state index contributed by atoms with van der Waals surface area (Å²) in [5.74, 6) is 0. The summed E-state index contributed by atoms with van der Waals surface area (Å²) in [7, 11) is 6.47. The van der Waals surface area contributed by atoms with Crippen LogP contribution in [0.3, 0.4) is 0 Å². The maximum Gasteiger partial charge on any atom is 0.0737 e. The van der Waals surface area contributed by atoms with Gasteiger partial charge in [0, 0.05) is 79.8 Å². The van der Waals surface area contributed by atoms with Gasteiger partial charge in [0.2, 0.25) is 0 Å². The SMILES string of the molecule is Cc1ccc2c(N(C)CCN(C)CCN(C)c3ccnc4cc(Cl)ccc34)ccnc2c1. The summed E-state index contributed by atoms with van der Waals surface area (Å²) >= 11 is 6.13. The lowest BCUT2D eigenvalue weighted by atomic mass is 10.1. The first-order chi connectivity index (χ1) is 15.4. The molecular weight excluding hydrogens is 418 g/mol. The third-order valence-corrected chi connectivity index (χ3v) is 6.25. The Morgan fingerprint density at radius 1 is 0.688 bits per heavy atom. The largest absolute Gasteiger partial charge is 0.373 e. The van der Waals surface area contributed by atoms with Crippen LogP contribution in [0, 0.1) is 6.92 Å². The summed E-state index contributed by atoms with van der Waals surface area (Å²) < 4.78 is 0. The average Bonchev–Trinajstić information content (AvgIpc) is 2.79. The number of hydrogen-bond acceptors (Lipinski definition) is 5. The molecule has 0 aliphatic rings. The smallest absolute Gasteiger partial charge is 0.0737 e. The average molecular weight is 448 g/mol. The molecule has 0 fully saturated rings. The number of aromatic nitrogens is 2. The molecule has 0 amide bonds. The monoisotopic (exact) mass is 447 g/mol. The molecule has 32 heavy (non-hydrogen) atoms. The standard InChI is InChI=1S/C26H30ClN5/c1-19-5-7-21-23(17-19)28-11-9-25(21)31(3)15-13-30(2)14-16-32(4)26-10-12-29-24-18-20(27)6-8-22(24)26/h5-12,17-18H,13-16H2,1-4H3. The van der Waals surface area contributed by atoms with Crippen LogP contribution in [0.1, 0.15) is 5.56 Å². The zero-order valence-corrected chi connectivity index (χ0v) is 20.0. The number of anilines is 2. The second-order valence-electron chi connectivity index (χ2n) is 8.49. The Labute approximate surface area is 195 Å². The highest BCUT2D eigenvalue weighted by molar-refractivity contribution is 6.31. The minimum absolute atomic E-state index is 0.714. The second-order valence-corrected chi connectivity index (χ2v) is 8.93. The van der Waals surface area contributed by atoms with Crippen LogP contribution in [0.2, 0.25) is 5.02 Å². The molecule has 0 radical (unpaired) electrons. The van der Waals surface area contributed by atoms with Crippen LogP contribution in [-0.2, 0) is 0 Å². The zero-order valence-electron chi connectivity index (χ0n) is 19.2. The molecule has 0 unspecified atom stereocenters. The van der Waals surface area contributed by atoms with E-state index in [2.05, 4.69) is 89.1 Å². The quantitative estimate of drug-likeness (QED) is 0.368. The maximum atomic E-state index is 6.13. The number of rotatable bonds is 8. The summed E-state index contributed by atoms with van der Waals surface area (Å²) in [5, 5.41) is 3.04. The molecule has 5 nitrogen and oxygen atoms in total. The minimum atomic E-state index is 0.714. The van der Waals surface area contributed by atoms with Crippen molar-refractivity contribution in [3.05, 3.63) is 71.5 Å². The van der Waals surface area contributed by atoms with Gasteiger partial charge in [-0.1, -0.05) is 23.7 Å². The molecule has 2 aromatic carbocycles. The highest BCUT2D eigenvalue weighted by Gasteiger charge is 2.11. The van der Waals surface area contributed by atoms with Gasteiger partial charge in [-0.2, -0.15) is 0 Å². The first-order valence-electron chi connectivity index (χ1n) is 10.9. The summed E-state index contributed by atoms with van der Waals surface area (Å²) in [6.07, 6.45) is 3.75. The Bertz CT molecular complexity index is 1130. The van der Waals surface area contributed by atoms with Gasteiger partial charge < -0.3 is 14.7 Å². The van der Waals surface area contributed by atoms with E-state index in [9.17, 15) is 0 Å². The highest BCUT2D eigenvalue weighted by atomic mass is 35.5. The van der Waals surface area contributed by atoms with Gasteiger partial charge in [-0.15, -0.1) is 0 Å². The molecule has 4 aromatic rings. The van der Waals surface area contributed by atoms with E-state index in [0.29, 0.717) is 5.02 Å². The molecule has 0 spiro atoms. The van der Waals surface area contributed by atoms with E-state index in [4.69, 9.17) is 11.6 Å². The molecule has 2 aromatic heterocycles. The van der Waals surface area contributed by atoms with Gasteiger partial charge in [0.05, 0.1) is 11.0 Å². The van der Waals surface area contributed by atoms with Crippen molar-refractivity contribution in [2.75, 3.05) is 57.1 Å². The summed E-state index contributed by atoms with van der Waals surface area (Å²) in [6, 6.07) is 16.5. The molecule has 0 N–H and O–H groups in total. The Morgan fingerprint density at radius 2 is 1.22 bits per heavy atom. The predicted molar refractivity (Wildman–Crippen MR) is 137 cm³/mol. The van der Waals surface area contributed by atoms with Crippen LogP contribution in [-0.4, -0.2) is 62.2 Å². The number of aryl methyl sites for hydroxylation is 1. The molecule has 0 atom stereocenters. The minimum Gasteiger partial charge on any atom is -0.373 e. The van der Waals surface area contributed by atoms with Crippen molar-refractivity contribution in [3.63, 3.8) is 0 Å². The topological polar surface area (TPSA) is 35.5 Å². The summed E-state index contributed by atoms with van der Waals surface area (Å²) in [6.45, 7) is 5.93. The van der Waals surface area contributed by atoms with E-state index in [1.807, 2.05) is 24.5 Å². The van der Waals surface area contributed by atoms with Crippen LogP contribution in [0.15, 0.2) is 60.9 Å². The number of pyridine rings is 2. The number of nitrogens with zero attached hydrogens (tertiary/aromatic N) is 5. The van der Waals surface area contributed by atoms with Crippen LogP contribution < -0.4 is 9.80 Å². The number of likely N-dealkylation sites (N-methyl/N-ethyl adjacent to an activating group) is 3. The van der Waals surface area contributed by atoms with Crippen LogP contribution in [0.5, 0.6) is 0 Å². The second kappa shape index (κ2) is 9.72. The van der Waals surface area contributed by atoms with Gasteiger partial charge in [0.15, 0.2) is 0 Å². The fourth-order valence-electron chi connectivity index (χ4n) is 4.01. The normalized spacial score (nSPS) is 11.4. The molecule has 0 saturated carbocycles. The van der Waals surface area contributed by atoms with E-state index in [-0.39, 0.29) is 0 Å². The van der Waals surface area contributed by atoms with Gasteiger partial charge in [-0.3, -0.25) is 9.97 Å². The van der Waals surface area contributed by atoms with E-state index in [1.165, 1.54) is 22.3 Å². The van der Waals surface area contributed by atoms with Gasteiger partial charge in [-0.05, 0) is 55.9 Å². The van der Waals surface area contributed by atoms with Crippen molar-refractivity contribution in [2.45, 2.75) is 6.92 Å². The fraction of sp³-hybridized carbons (Fsp3) is 0.308. The molecule has 0 saturated heterocycles. The third-order valence-electron chi connectivity index (χ3n) is 6.01. The predicted octanol–water partition coefficient (Wildman–Crippen LogP) is 5.25. The zero-order chi connectivity index (χ0) is 22.7.